The summed E-state index contributed by atoms with van der Waals surface area (Å²) in [6.45, 7) is 0. The number of nitrogens with zero attached hydrogens (tertiary/aromatic N) is 4. The minimum absolute atomic E-state index is 0.596. The maximum absolute atomic E-state index is 4.60. The SMILES string of the molecule is c1cnc2c(Nc3ccc4c(-c5ccsc5)nsc4c3)[nH]nc2n1. The molecule has 0 fully saturated rings. The van der Waals surface area contributed by atoms with Gasteiger partial charge in [0.15, 0.2) is 11.3 Å². The molecule has 0 aliphatic heterocycles. The molecule has 0 amide bonds. The topological polar surface area (TPSA) is 79.4 Å². The number of benzene rings is 1. The van der Waals surface area contributed by atoms with Gasteiger partial charge in [0.05, 0.1) is 10.4 Å². The Kier molecular flexibility index (Phi) is 3.03. The predicted octanol–water partition coefficient (Wildman–Crippen LogP) is 4.43. The summed E-state index contributed by atoms with van der Waals surface area (Å²) in [5, 5.41) is 15.8. The molecule has 1 aromatic carbocycles. The van der Waals surface area contributed by atoms with Gasteiger partial charge in [-0.1, -0.05) is 0 Å². The van der Waals surface area contributed by atoms with E-state index >= 15 is 0 Å². The predicted molar refractivity (Wildman–Crippen MR) is 97.9 cm³/mol. The summed E-state index contributed by atoms with van der Waals surface area (Å²) in [7, 11) is 0. The standard InChI is InChI=1S/C16H10N6S2/c1-2-11-12(24-22-13(11)9-3-6-23-8-9)7-10(1)19-16-14-15(20-21-16)18-5-4-17-14/h1-8H,(H2,18,19,20,21). The Hall–Kier alpha value is -2.84. The summed E-state index contributed by atoms with van der Waals surface area (Å²) in [6.07, 6.45) is 3.28. The average Bonchev–Trinajstić information content (AvgIpc) is 3.34. The zero-order valence-corrected chi connectivity index (χ0v) is 13.9. The zero-order chi connectivity index (χ0) is 15.9. The highest BCUT2D eigenvalue weighted by atomic mass is 32.1. The number of aromatic nitrogens is 5. The van der Waals surface area contributed by atoms with E-state index < -0.39 is 0 Å². The fourth-order valence-electron chi connectivity index (χ4n) is 2.60. The van der Waals surface area contributed by atoms with Crippen molar-refractivity contribution in [2.75, 3.05) is 5.32 Å². The molecular weight excluding hydrogens is 340 g/mol. The maximum atomic E-state index is 4.60. The first-order valence-electron chi connectivity index (χ1n) is 7.22. The summed E-state index contributed by atoms with van der Waals surface area (Å²) in [5.41, 5.74) is 4.49. The Morgan fingerprint density at radius 2 is 2.04 bits per heavy atom. The molecule has 24 heavy (non-hydrogen) atoms. The van der Waals surface area contributed by atoms with Crippen LogP contribution in [0.4, 0.5) is 11.5 Å². The highest BCUT2D eigenvalue weighted by molar-refractivity contribution is 7.13. The van der Waals surface area contributed by atoms with E-state index in [9.17, 15) is 0 Å². The number of hydrogen-bond acceptors (Lipinski definition) is 7. The summed E-state index contributed by atoms with van der Waals surface area (Å²) >= 11 is 3.19. The number of nitrogens with one attached hydrogen (secondary N) is 2. The van der Waals surface area contributed by atoms with Gasteiger partial charge < -0.3 is 5.32 Å². The van der Waals surface area contributed by atoms with Crippen LogP contribution in [-0.2, 0) is 0 Å². The van der Waals surface area contributed by atoms with E-state index in [4.69, 9.17) is 0 Å². The van der Waals surface area contributed by atoms with Crippen molar-refractivity contribution in [3.8, 4) is 11.3 Å². The molecule has 5 rings (SSSR count). The van der Waals surface area contributed by atoms with Gasteiger partial charge in [0, 0.05) is 34.4 Å². The van der Waals surface area contributed by atoms with Crippen LogP contribution in [0.5, 0.6) is 0 Å². The number of hydrogen-bond donors (Lipinski definition) is 2. The van der Waals surface area contributed by atoms with Crippen molar-refractivity contribution < 1.29 is 0 Å². The lowest BCUT2D eigenvalue weighted by Gasteiger charge is -2.04. The Labute approximate surface area is 144 Å². The number of aromatic amines is 1. The third kappa shape index (κ3) is 2.15. The molecule has 8 heteroatoms. The van der Waals surface area contributed by atoms with Crippen molar-refractivity contribution in [1.29, 1.82) is 0 Å². The first kappa shape index (κ1) is 13.6. The molecule has 0 radical (unpaired) electrons. The molecular formula is C16H10N6S2. The Bertz CT molecular complexity index is 1140. The molecule has 4 heterocycles. The molecule has 0 unspecified atom stereocenters. The average molecular weight is 350 g/mol. The molecule has 6 nitrogen and oxygen atoms in total. The van der Waals surface area contributed by atoms with Crippen molar-refractivity contribution >= 4 is 55.6 Å². The van der Waals surface area contributed by atoms with Gasteiger partial charge in [-0.15, -0.1) is 0 Å². The van der Waals surface area contributed by atoms with Crippen LogP contribution in [0.25, 0.3) is 32.5 Å². The van der Waals surface area contributed by atoms with Crippen molar-refractivity contribution in [1.82, 2.24) is 24.5 Å². The lowest BCUT2D eigenvalue weighted by atomic mass is 10.1. The lowest BCUT2D eigenvalue weighted by Crippen LogP contribution is -1.91. The van der Waals surface area contributed by atoms with Gasteiger partial charge >= 0.3 is 0 Å². The molecule has 5 aromatic rings. The largest absolute Gasteiger partial charge is 0.339 e. The number of thiophene rings is 1. The maximum Gasteiger partial charge on any atom is 0.201 e. The van der Waals surface area contributed by atoms with Crippen molar-refractivity contribution in [3.05, 3.63) is 47.4 Å². The quantitative estimate of drug-likeness (QED) is 0.503. The van der Waals surface area contributed by atoms with E-state index in [1.807, 2.05) is 6.07 Å². The van der Waals surface area contributed by atoms with Crippen LogP contribution in [0.1, 0.15) is 0 Å². The minimum Gasteiger partial charge on any atom is -0.339 e. The van der Waals surface area contributed by atoms with E-state index in [-0.39, 0.29) is 0 Å². The zero-order valence-electron chi connectivity index (χ0n) is 12.2. The Morgan fingerprint density at radius 1 is 1.08 bits per heavy atom. The third-order valence-electron chi connectivity index (χ3n) is 3.73. The van der Waals surface area contributed by atoms with E-state index in [1.54, 1.807) is 23.7 Å². The first-order valence-corrected chi connectivity index (χ1v) is 8.94. The Morgan fingerprint density at radius 3 is 2.96 bits per heavy atom. The van der Waals surface area contributed by atoms with Crippen LogP contribution in [0.2, 0.25) is 0 Å². The van der Waals surface area contributed by atoms with Crippen LogP contribution < -0.4 is 5.32 Å². The number of anilines is 2. The van der Waals surface area contributed by atoms with Crippen LogP contribution in [0.3, 0.4) is 0 Å². The van der Waals surface area contributed by atoms with E-state index in [0.717, 1.165) is 27.4 Å². The molecule has 4 aromatic heterocycles. The number of rotatable bonds is 3. The first-order chi connectivity index (χ1) is 11.9. The van der Waals surface area contributed by atoms with Crippen LogP contribution >= 0.6 is 22.9 Å². The van der Waals surface area contributed by atoms with Gasteiger partial charge in [-0.25, -0.2) is 9.97 Å². The van der Waals surface area contributed by atoms with Gasteiger partial charge in [-0.05, 0) is 41.2 Å². The van der Waals surface area contributed by atoms with Crippen molar-refractivity contribution in [3.63, 3.8) is 0 Å². The van der Waals surface area contributed by atoms with Crippen LogP contribution in [0, 0.1) is 0 Å². The fourth-order valence-corrected chi connectivity index (χ4v) is 4.08. The second kappa shape index (κ2) is 5.36. The minimum atomic E-state index is 0.596. The third-order valence-corrected chi connectivity index (χ3v) is 5.22. The highest BCUT2D eigenvalue weighted by Gasteiger charge is 2.11. The van der Waals surface area contributed by atoms with Gasteiger partial charge in [-0.2, -0.15) is 20.8 Å². The van der Waals surface area contributed by atoms with E-state index in [2.05, 4.69) is 58.8 Å². The lowest BCUT2D eigenvalue weighted by molar-refractivity contribution is 1.10. The normalized spacial score (nSPS) is 11.3. The van der Waals surface area contributed by atoms with Gasteiger partial charge in [0.2, 0.25) is 5.65 Å². The fraction of sp³-hybridized carbons (Fsp3) is 0. The second-order valence-electron chi connectivity index (χ2n) is 5.21. The highest BCUT2D eigenvalue weighted by Crippen LogP contribution is 2.34. The van der Waals surface area contributed by atoms with Crippen LogP contribution in [0.15, 0.2) is 47.4 Å². The molecule has 0 spiro atoms. The molecule has 0 aliphatic carbocycles. The summed E-state index contributed by atoms with van der Waals surface area (Å²) in [5.74, 6) is 0.736. The molecule has 2 N–H and O–H groups in total. The van der Waals surface area contributed by atoms with Crippen LogP contribution in [-0.4, -0.2) is 24.5 Å². The van der Waals surface area contributed by atoms with E-state index in [1.165, 1.54) is 22.5 Å². The summed E-state index contributed by atoms with van der Waals surface area (Å²) in [6, 6.07) is 8.32. The van der Waals surface area contributed by atoms with Gasteiger partial charge in [0.1, 0.15) is 0 Å². The second-order valence-corrected chi connectivity index (χ2v) is 6.79. The molecule has 0 atom stereocenters. The van der Waals surface area contributed by atoms with Gasteiger partial charge in [-0.3, -0.25) is 5.10 Å². The summed E-state index contributed by atoms with van der Waals surface area (Å²) < 4.78 is 5.74. The molecule has 0 bridgehead atoms. The molecule has 0 aliphatic rings. The molecule has 0 saturated carbocycles. The molecule has 116 valence electrons. The molecule has 0 saturated heterocycles. The monoisotopic (exact) mass is 350 g/mol. The van der Waals surface area contributed by atoms with Gasteiger partial charge in [0.25, 0.3) is 0 Å². The number of H-pyrrole nitrogens is 1. The van der Waals surface area contributed by atoms with E-state index in [0.29, 0.717) is 5.65 Å². The smallest absolute Gasteiger partial charge is 0.201 e. The number of fused-ring (bicyclic) bond motifs is 2. The van der Waals surface area contributed by atoms with Crippen molar-refractivity contribution in [2.24, 2.45) is 0 Å². The van der Waals surface area contributed by atoms with Crippen molar-refractivity contribution in [2.45, 2.75) is 0 Å². The Balaban J connectivity index is 1.54. The summed E-state index contributed by atoms with van der Waals surface area (Å²) in [4.78, 5) is 8.48.